The molecule has 1 atom stereocenters. The highest BCUT2D eigenvalue weighted by Gasteiger charge is 2.06. The molecule has 0 bridgehead atoms. The topological polar surface area (TPSA) is 63.3 Å². The van der Waals surface area contributed by atoms with Crippen LogP contribution in [0.1, 0.15) is 28.8 Å². The van der Waals surface area contributed by atoms with Crippen molar-refractivity contribution < 1.29 is 9.90 Å². The minimum Gasteiger partial charge on any atom is -0.478 e. The number of carboxylic acid groups (broad SMARTS) is 1. The van der Waals surface area contributed by atoms with Crippen LogP contribution in [0.5, 0.6) is 0 Å². The number of nitrogens with two attached hydrogens (primary N) is 1. The minimum absolute atomic E-state index is 0. The summed E-state index contributed by atoms with van der Waals surface area (Å²) < 4.78 is 0. The van der Waals surface area contributed by atoms with E-state index in [2.05, 4.69) is 0 Å². The lowest BCUT2D eigenvalue weighted by Gasteiger charge is -2.08. The number of rotatable bonds is 3. The predicted octanol–water partition coefficient (Wildman–Crippen LogP) is 1.87. The molecule has 3 nitrogen and oxygen atoms in total. The second-order valence-corrected chi connectivity index (χ2v) is 3.07. The van der Waals surface area contributed by atoms with Crippen LogP contribution in [0.25, 0.3) is 0 Å². The first-order valence-corrected chi connectivity index (χ1v) is 4.18. The first-order chi connectivity index (χ1) is 6.15. The molecule has 0 saturated heterocycles. The number of benzene rings is 1. The fourth-order valence-corrected chi connectivity index (χ4v) is 1.11. The van der Waals surface area contributed by atoms with Crippen LogP contribution in [0, 0.1) is 0 Å². The van der Waals surface area contributed by atoms with Crippen LogP contribution < -0.4 is 5.73 Å². The van der Waals surface area contributed by atoms with Gasteiger partial charge in [0.05, 0.1) is 5.56 Å². The van der Waals surface area contributed by atoms with Gasteiger partial charge in [0.15, 0.2) is 0 Å². The molecule has 0 aliphatic carbocycles. The Morgan fingerprint density at radius 2 is 2.21 bits per heavy atom. The molecule has 1 aromatic carbocycles. The van der Waals surface area contributed by atoms with Crippen LogP contribution in [0.2, 0.25) is 0 Å². The van der Waals surface area contributed by atoms with Gasteiger partial charge in [0.25, 0.3) is 0 Å². The third-order valence-corrected chi connectivity index (χ3v) is 2.06. The second kappa shape index (κ2) is 5.62. The van der Waals surface area contributed by atoms with Crippen LogP contribution in [0.3, 0.4) is 0 Å². The molecule has 0 heterocycles. The third kappa shape index (κ3) is 3.01. The highest BCUT2D eigenvalue weighted by Crippen LogP contribution is 2.15. The zero-order chi connectivity index (χ0) is 9.84. The number of aromatic carboxylic acids is 1. The number of carbonyl (C=O) groups is 1. The van der Waals surface area contributed by atoms with Gasteiger partial charge in [-0.3, -0.25) is 0 Å². The summed E-state index contributed by atoms with van der Waals surface area (Å²) in [6, 6.07) is 6.88. The Bertz CT molecular complexity index is 315. The van der Waals surface area contributed by atoms with Crippen LogP contribution in [0.15, 0.2) is 24.3 Å². The van der Waals surface area contributed by atoms with E-state index in [9.17, 15) is 4.79 Å². The van der Waals surface area contributed by atoms with E-state index in [0.29, 0.717) is 12.1 Å². The lowest BCUT2D eigenvalue weighted by atomic mass is 9.99. The maximum atomic E-state index is 10.6. The largest absolute Gasteiger partial charge is 0.478 e. The van der Waals surface area contributed by atoms with Crippen molar-refractivity contribution >= 4 is 18.4 Å². The maximum Gasteiger partial charge on any atom is 0.335 e. The summed E-state index contributed by atoms with van der Waals surface area (Å²) in [7, 11) is 0. The Balaban J connectivity index is 0.00000169. The van der Waals surface area contributed by atoms with Gasteiger partial charge in [-0.2, -0.15) is 0 Å². The molecule has 3 N–H and O–H groups in total. The lowest BCUT2D eigenvalue weighted by molar-refractivity contribution is 0.0697. The molecule has 0 aliphatic heterocycles. The van der Waals surface area contributed by atoms with Gasteiger partial charge in [-0.05, 0) is 30.2 Å². The SMILES string of the molecule is CC(CN)c1cccc(C(=O)O)c1.Cl. The zero-order valence-electron chi connectivity index (χ0n) is 7.93. The average Bonchev–Trinajstić information content (AvgIpc) is 2.17. The molecule has 0 amide bonds. The maximum absolute atomic E-state index is 10.6. The minimum atomic E-state index is -0.897. The van der Waals surface area contributed by atoms with E-state index < -0.39 is 5.97 Å². The van der Waals surface area contributed by atoms with E-state index >= 15 is 0 Å². The van der Waals surface area contributed by atoms with Gasteiger partial charge in [-0.1, -0.05) is 19.1 Å². The summed E-state index contributed by atoms with van der Waals surface area (Å²) in [4.78, 5) is 10.6. The van der Waals surface area contributed by atoms with Gasteiger partial charge in [0, 0.05) is 0 Å². The molecular formula is C10H14ClNO2. The van der Waals surface area contributed by atoms with Crippen molar-refractivity contribution in [3.05, 3.63) is 35.4 Å². The van der Waals surface area contributed by atoms with Crippen molar-refractivity contribution in [1.29, 1.82) is 0 Å². The summed E-state index contributed by atoms with van der Waals surface area (Å²) in [5, 5.41) is 8.73. The number of hydrogen-bond donors (Lipinski definition) is 2. The van der Waals surface area contributed by atoms with E-state index in [4.69, 9.17) is 10.8 Å². The van der Waals surface area contributed by atoms with Crippen molar-refractivity contribution in [3.63, 3.8) is 0 Å². The third-order valence-electron chi connectivity index (χ3n) is 2.06. The number of hydrogen-bond acceptors (Lipinski definition) is 2. The molecule has 1 rings (SSSR count). The quantitative estimate of drug-likeness (QED) is 0.809. The molecule has 4 heteroatoms. The second-order valence-electron chi connectivity index (χ2n) is 3.07. The molecule has 0 saturated carbocycles. The summed E-state index contributed by atoms with van der Waals surface area (Å²) in [6.07, 6.45) is 0. The molecule has 0 radical (unpaired) electrons. The molecule has 1 aromatic rings. The van der Waals surface area contributed by atoms with Gasteiger partial charge in [0.1, 0.15) is 0 Å². The van der Waals surface area contributed by atoms with Crippen LogP contribution in [0.4, 0.5) is 0 Å². The van der Waals surface area contributed by atoms with Crippen LogP contribution in [-0.2, 0) is 0 Å². The first-order valence-electron chi connectivity index (χ1n) is 4.18. The summed E-state index contributed by atoms with van der Waals surface area (Å²) in [5.41, 5.74) is 6.77. The molecule has 1 unspecified atom stereocenters. The molecule has 0 aliphatic rings. The van der Waals surface area contributed by atoms with Crippen molar-refractivity contribution in [2.75, 3.05) is 6.54 Å². The first kappa shape index (κ1) is 12.9. The standard InChI is InChI=1S/C10H13NO2.ClH/c1-7(6-11)8-3-2-4-9(5-8)10(12)13;/h2-5,7H,6,11H2,1H3,(H,12,13);1H. The molecule has 14 heavy (non-hydrogen) atoms. The van der Waals surface area contributed by atoms with E-state index in [1.807, 2.05) is 13.0 Å². The average molecular weight is 216 g/mol. The Morgan fingerprint density at radius 3 is 2.71 bits per heavy atom. The van der Waals surface area contributed by atoms with Crippen LogP contribution >= 0.6 is 12.4 Å². The van der Waals surface area contributed by atoms with Gasteiger partial charge >= 0.3 is 5.97 Å². The molecule has 0 aromatic heterocycles. The summed E-state index contributed by atoms with van der Waals surface area (Å²) in [6.45, 7) is 2.50. The zero-order valence-corrected chi connectivity index (χ0v) is 8.75. The number of carboxylic acids is 1. The fraction of sp³-hybridized carbons (Fsp3) is 0.300. The monoisotopic (exact) mass is 215 g/mol. The van der Waals surface area contributed by atoms with Crippen molar-refractivity contribution in [1.82, 2.24) is 0 Å². The lowest BCUT2D eigenvalue weighted by Crippen LogP contribution is -2.09. The highest BCUT2D eigenvalue weighted by molar-refractivity contribution is 5.87. The predicted molar refractivity (Wildman–Crippen MR) is 58.1 cm³/mol. The summed E-state index contributed by atoms with van der Waals surface area (Å²) in [5.74, 6) is -0.689. The van der Waals surface area contributed by atoms with E-state index in [-0.39, 0.29) is 18.3 Å². The Morgan fingerprint density at radius 1 is 1.57 bits per heavy atom. The Hall–Kier alpha value is -1.06. The molecule has 0 fully saturated rings. The number of halogens is 1. The van der Waals surface area contributed by atoms with Crippen molar-refractivity contribution in [2.45, 2.75) is 12.8 Å². The van der Waals surface area contributed by atoms with Gasteiger partial charge in [0.2, 0.25) is 0 Å². The summed E-state index contributed by atoms with van der Waals surface area (Å²) >= 11 is 0. The fourth-order valence-electron chi connectivity index (χ4n) is 1.11. The van der Waals surface area contributed by atoms with E-state index in [1.54, 1.807) is 18.2 Å². The Labute approximate surface area is 89.3 Å². The van der Waals surface area contributed by atoms with Gasteiger partial charge in [-0.15, -0.1) is 12.4 Å². The van der Waals surface area contributed by atoms with Crippen molar-refractivity contribution in [3.8, 4) is 0 Å². The Kier molecular flexibility index (Phi) is 5.20. The van der Waals surface area contributed by atoms with E-state index in [0.717, 1.165) is 5.56 Å². The van der Waals surface area contributed by atoms with E-state index in [1.165, 1.54) is 0 Å². The van der Waals surface area contributed by atoms with Gasteiger partial charge < -0.3 is 10.8 Å². The van der Waals surface area contributed by atoms with Crippen LogP contribution in [-0.4, -0.2) is 17.6 Å². The normalized spacial score (nSPS) is 11.6. The molecule has 0 spiro atoms. The smallest absolute Gasteiger partial charge is 0.335 e. The molecular weight excluding hydrogens is 202 g/mol. The van der Waals surface area contributed by atoms with Crippen molar-refractivity contribution in [2.24, 2.45) is 5.73 Å². The molecule has 78 valence electrons. The highest BCUT2D eigenvalue weighted by atomic mass is 35.5. The van der Waals surface area contributed by atoms with Gasteiger partial charge in [-0.25, -0.2) is 4.79 Å².